The fourth-order valence-electron chi connectivity index (χ4n) is 2.67. The number of para-hydroxylation sites is 1. The van der Waals surface area contributed by atoms with Crippen LogP contribution in [0.2, 0.25) is 0 Å². The van der Waals surface area contributed by atoms with E-state index < -0.39 is 11.7 Å². The van der Waals surface area contributed by atoms with Crippen molar-refractivity contribution in [2.75, 3.05) is 0 Å². The monoisotopic (exact) mass is 313 g/mol. The maximum Gasteiger partial charge on any atom is 0.416 e. The van der Waals surface area contributed by atoms with E-state index >= 15 is 0 Å². The highest BCUT2D eigenvalue weighted by atomic mass is 19.4. The quantitative estimate of drug-likeness (QED) is 0.514. The zero-order valence-corrected chi connectivity index (χ0v) is 11.7. The largest absolute Gasteiger partial charge is 0.416 e. The Labute approximate surface area is 129 Å². The van der Waals surface area contributed by atoms with Crippen LogP contribution >= 0.6 is 0 Å². The molecule has 4 rings (SSSR count). The minimum atomic E-state index is -4.38. The predicted molar refractivity (Wildman–Crippen MR) is 81.4 cm³/mol. The third kappa shape index (κ3) is 2.23. The molecule has 0 spiro atoms. The number of hydrogen-bond donors (Lipinski definition) is 0. The Kier molecular flexibility index (Phi) is 2.87. The van der Waals surface area contributed by atoms with Crippen molar-refractivity contribution in [2.45, 2.75) is 6.18 Å². The number of imidazole rings is 1. The highest BCUT2D eigenvalue weighted by Crippen LogP contribution is 2.32. The second-order valence-electron chi connectivity index (χ2n) is 5.17. The van der Waals surface area contributed by atoms with E-state index in [1.165, 1.54) is 12.4 Å². The highest BCUT2D eigenvalue weighted by molar-refractivity contribution is 6.02. The summed E-state index contributed by atoms with van der Waals surface area (Å²) < 4.78 is 40.5. The highest BCUT2D eigenvalue weighted by Gasteiger charge is 2.30. The molecule has 6 heteroatoms. The Bertz CT molecular complexity index is 1020. The molecule has 0 radical (unpaired) electrons. The molecule has 0 unspecified atom stereocenters. The number of alkyl halides is 3. The van der Waals surface area contributed by atoms with Crippen molar-refractivity contribution < 1.29 is 13.2 Å². The van der Waals surface area contributed by atoms with Gasteiger partial charge >= 0.3 is 6.18 Å². The lowest BCUT2D eigenvalue weighted by atomic mass is 10.1. The molecule has 4 aromatic rings. The molecular formula is C17H10F3N3. The maximum atomic E-state index is 12.9. The number of halogens is 3. The van der Waals surface area contributed by atoms with Gasteiger partial charge in [-0.2, -0.15) is 13.2 Å². The number of hydrogen-bond acceptors (Lipinski definition) is 2. The van der Waals surface area contributed by atoms with Crippen LogP contribution in [0, 0.1) is 0 Å². The van der Waals surface area contributed by atoms with Crippen LogP contribution in [0.5, 0.6) is 0 Å². The number of benzene rings is 2. The predicted octanol–water partition coefficient (Wildman–Crippen LogP) is 4.59. The van der Waals surface area contributed by atoms with Gasteiger partial charge in [0.2, 0.25) is 0 Å². The van der Waals surface area contributed by atoms with Crippen LogP contribution in [-0.2, 0) is 6.18 Å². The van der Waals surface area contributed by atoms with Gasteiger partial charge in [-0.25, -0.2) is 4.98 Å². The fourth-order valence-corrected chi connectivity index (χ4v) is 2.67. The zero-order valence-electron chi connectivity index (χ0n) is 11.7. The normalized spacial score (nSPS) is 12.1. The van der Waals surface area contributed by atoms with Crippen LogP contribution in [-0.4, -0.2) is 14.5 Å². The van der Waals surface area contributed by atoms with Gasteiger partial charge in [-0.1, -0.05) is 24.3 Å². The molecule has 2 heterocycles. The summed E-state index contributed by atoms with van der Waals surface area (Å²) in [5.74, 6) is 0. The number of fused-ring (bicyclic) bond motifs is 3. The molecule has 3 nitrogen and oxygen atoms in total. The minimum absolute atomic E-state index is 0.415. The van der Waals surface area contributed by atoms with Crippen molar-refractivity contribution in [1.82, 2.24) is 14.5 Å². The van der Waals surface area contributed by atoms with Crippen molar-refractivity contribution >= 4 is 21.9 Å². The van der Waals surface area contributed by atoms with E-state index in [4.69, 9.17) is 0 Å². The van der Waals surface area contributed by atoms with Crippen molar-refractivity contribution in [1.29, 1.82) is 0 Å². The van der Waals surface area contributed by atoms with Gasteiger partial charge in [0.25, 0.3) is 0 Å². The van der Waals surface area contributed by atoms with Gasteiger partial charge in [0.15, 0.2) is 0 Å². The molecule has 0 amide bonds. The number of rotatable bonds is 1. The van der Waals surface area contributed by atoms with Crippen LogP contribution in [0.4, 0.5) is 13.2 Å². The van der Waals surface area contributed by atoms with E-state index in [2.05, 4.69) is 9.97 Å². The lowest BCUT2D eigenvalue weighted by Crippen LogP contribution is -2.05. The third-order valence-corrected chi connectivity index (χ3v) is 3.73. The first-order chi connectivity index (χ1) is 11.0. The summed E-state index contributed by atoms with van der Waals surface area (Å²) in [5, 5.41) is 0.847. The first kappa shape index (κ1) is 13.8. The molecule has 0 bridgehead atoms. The summed E-state index contributed by atoms with van der Waals surface area (Å²) >= 11 is 0. The molecule has 2 aromatic carbocycles. The van der Waals surface area contributed by atoms with Crippen LogP contribution in [0.15, 0.2) is 61.1 Å². The van der Waals surface area contributed by atoms with Gasteiger partial charge in [-0.3, -0.25) is 9.55 Å². The van der Waals surface area contributed by atoms with Gasteiger partial charge in [-0.15, -0.1) is 0 Å². The average Bonchev–Trinajstić information content (AvgIpc) is 2.99. The Morgan fingerprint density at radius 3 is 2.52 bits per heavy atom. The first-order valence-corrected chi connectivity index (χ1v) is 6.92. The molecular weight excluding hydrogens is 303 g/mol. The summed E-state index contributed by atoms with van der Waals surface area (Å²) in [4.78, 5) is 8.57. The maximum absolute atomic E-state index is 12.9. The molecule has 0 fully saturated rings. The van der Waals surface area contributed by atoms with E-state index in [0.717, 1.165) is 28.6 Å². The summed E-state index contributed by atoms with van der Waals surface area (Å²) in [5.41, 5.74) is 1.89. The molecule has 0 aliphatic carbocycles. The van der Waals surface area contributed by atoms with Crippen LogP contribution in [0.3, 0.4) is 0 Å². The van der Waals surface area contributed by atoms with E-state index in [1.807, 2.05) is 24.3 Å². The lowest BCUT2D eigenvalue weighted by molar-refractivity contribution is -0.137. The smallest absolute Gasteiger partial charge is 0.298 e. The lowest BCUT2D eigenvalue weighted by Gasteiger charge is -2.10. The van der Waals surface area contributed by atoms with Crippen molar-refractivity contribution in [3.05, 3.63) is 66.6 Å². The topological polar surface area (TPSA) is 30.7 Å². The van der Waals surface area contributed by atoms with E-state index in [0.29, 0.717) is 11.2 Å². The Morgan fingerprint density at radius 2 is 1.70 bits per heavy atom. The number of aromatic nitrogens is 3. The Morgan fingerprint density at radius 1 is 0.870 bits per heavy atom. The molecule has 23 heavy (non-hydrogen) atoms. The number of pyridine rings is 1. The molecule has 0 saturated carbocycles. The SMILES string of the molecule is FC(F)(F)c1cccc(-n2cnc3cnc4ccccc4c32)c1. The third-order valence-electron chi connectivity index (χ3n) is 3.73. The van der Waals surface area contributed by atoms with E-state index in [9.17, 15) is 13.2 Å². The van der Waals surface area contributed by atoms with Gasteiger partial charge < -0.3 is 0 Å². The molecule has 0 N–H and O–H groups in total. The second-order valence-corrected chi connectivity index (χ2v) is 5.17. The van der Waals surface area contributed by atoms with Crippen molar-refractivity contribution in [2.24, 2.45) is 0 Å². The zero-order chi connectivity index (χ0) is 16.0. The Balaban J connectivity index is 2.01. The molecule has 0 saturated heterocycles. The molecule has 114 valence electrons. The van der Waals surface area contributed by atoms with Crippen LogP contribution < -0.4 is 0 Å². The summed E-state index contributed by atoms with van der Waals surface area (Å²) in [7, 11) is 0. The van der Waals surface area contributed by atoms with Gasteiger partial charge in [0.05, 0.1) is 22.8 Å². The summed E-state index contributed by atoms with van der Waals surface area (Å²) in [6.07, 6.45) is -1.23. The second kappa shape index (κ2) is 4.81. The van der Waals surface area contributed by atoms with E-state index in [1.54, 1.807) is 16.8 Å². The van der Waals surface area contributed by atoms with Crippen LogP contribution in [0.25, 0.3) is 27.6 Å². The van der Waals surface area contributed by atoms with Crippen LogP contribution in [0.1, 0.15) is 5.56 Å². The molecule has 0 atom stereocenters. The van der Waals surface area contributed by atoms with E-state index in [-0.39, 0.29) is 0 Å². The first-order valence-electron chi connectivity index (χ1n) is 6.92. The van der Waals surface area contributed by atoms with Gasteiger partial charge in [0.1, 0.15) is 11.8 Å². The van der Waals surface area contributed by atoms with Crippen molar-refractivity contribution in [3.63, 3.8) is 0 Å². The molecule has 0 aliphatic rings. The number of nitrogens with zero attached hydrogens (tertiary/aromatic N) is 3. The molecule has 0 aliphatic heterocycles. The average molecular weight is 313 g/mol. The summed E-state index contributed by atoms with van der Waals surface area (Å²) in [6, 6.07) is 12.7. The molecule has 2 aromatic heterocycles. The minimum Gasteiger partial charge on any atom is -0.298 e. The van der Waals surface area contributed by atoms with Gasteiger partial charge in [-0.05, 0) is 24.3 Å². The fraction of sp³-hybridized carbons (Fsp3) is 0.0588. The standard InChI is InChI=1S/C17H10F3N3/c18-17(19,20)11-4-3-5-12(8-11)23-10-22-15-9-21-14-7-2-1-6-13(14)16(15)23/h1-10H. The van der Waals surface area contributed by atoms with Gasteiger partial charge in [0, 0.05) is 11.1 Å². The summed E-state index contributed by atoms with van der Waals surface area (Å²) in [6.45, 7) is 0. The Hall–Kier alpha value is -2.89. The van der Waals surface area contributed by atoms with Crippen molar-refractivity contribution in [3.8, 4) is 5.69 Å².